The van der Waals surface area contributed by atoms with Gasteiger partial charge in [-0.15, -0.1) is 11.3 Å². The van der Waals surface area contributed by atoms with Crippen molar-refractivity contribution in [3.05, 3.63) is 113 Å². The smallest absolute Gasteiger partial charge is 0.255 e. The minimum Gasteiger partial charge on any atom is -0.345 e. The zero-order chi connectivity index (χ0) is 22.5. The van der Waals surface area contributed by atoms with Crippen molar-refractivity contribution in [2.45, 2.75) is 13.1 Å². The Morgan fingerprint density at radius 2 is 1.64 bits per heavy atom. The molecule has 0 radical (unpaired) electrons. The van der Waals surface area contributed by atoms with Crippen LogP contribution in [0.4, 0.5) is 0 Å². The van der Waals surface area contributed by atoms with Gasteiger partial charge in [-0.25, -0.2) is 4.98 Å². The van der Waals surface area contributed by atoms with Crippen LogP contribution in [0.25, 0.3) is 22.5 Å². The van der Waals surface area contributed by atoms with Crippen LogP contribution in [-0.4, -0.2) is 25.7 Å². The first-order valence-electron chi connectivity index (χ1n) is 10.6. The van der Waals surface area contributed by atoms with Crippen molar-refractivity contribution in [2.24, 2.45) is 0 Å². The van der Waals surface area contributed by atoms with Crippen molar-refractivity contribution in [1.82, 2.24) is 25.1 Å². The number of hydrogen-bond acceptors (Lipinski definition) is 5. The van der Waals surface area contributed by atoms with Crippen LogP contribution in [0.15, 0.2) is 96.8 Å². The summed E-state index contributed by atoms with van der Waals surface area (Å²) < 4.78 is 1.82. The standard InChI is InChI=1S/C26H21N5OS/c32-26(28-15-24-29-23(18-33-24)20-11-13-27-14-12-20)22-17-31(16-19-7-3-1-4-8-19)30-25(22)21-9-5-2-6-10-21/h1-14,17-18H,15-16H2,(H,28,32). The summed E-state index contributed by atoms with van der Waals surface area (Å²) >= 11 is 1.52. The van der Waals surface area contributed by atoms with E-state index in [0.29, 0.717) is 24.3 Å². The van der Waals surface area contributed by atoms with Crippen molar-refractivity contribution < 1.29 is 4.79 Å². The highest BCUT2D eigenvalue weighted by molar-refractivity contribution is 7.09. The van der Waals surface area contributed by atoms with Crippen LogP contribution in [0.3, 0.4) is 0 Å². The Morgan fingerprint density at radius 1 is 0.909 bits per heavy atom. The number of rotatable bonds is 7. The molecule has 7 heteroatoms. The number of hydrogen-bond donors (Lipinski definition) is 1. The van der Waals surface area contributed by atoms with Crippen LogP contribution in [0.5, 0.6) is 0 Å². The monoisotopic (exact) mass is 451 g/mol. The van der Waals surface area contributed by atoms with E-state index in [1.54, 1.807) is 12.4 Å². The van der Waals surface area contributed by atoms with E-state index in [9.17, 15) is 4.79 Å². The highest BCUT2D eigenvalue weighted by Crippen LogP contribution is 2.24. The predicted octanol–water partition coefficient (Wildman–Crippen LogP) is 5.05. The fourth-order valence-electron chi connectivity index (χ4n) is 3.55. The lowest BCUT2D eigenvalue weighted by molar-refractivity contribution is 0.0951. The highest BCUT2D eigenvalue weighted by atomic mass is 32.1. The first kappa shape index (κ1) is 20.8. The van der Waals surface area contributed by atoms with Crippen molar-refractivity contribution >= 4 is 17.2 Å². The van der Waals surface area contributed by atoms with E-state index >= 15 is 0 Å². The van der Waals surface area contributed by atoms with E-state index in [1.807, 2.05) is 89.1 Å². The lowest BCUT2D eigenvalue weighted by atomic mass is 10.1. The molecule has 0 saturated heterocycles. The molecular weight excluding hydrogens is 430 g/mol. The first-order valence-corrected chi connectivity index (χ1v) is 11.4. The summed E-state index contributed by atoms with van der Waals surface area (Å²) in [5.74, 6) is -0.172. The van der Waals surface area contributed by atoms with E-state index in [-0.39, 0.29) is 5.91 Å². The van der Waals surface area contributed by atoms with Gasteiger partial charge in [0.2, 0.25) is 0 Å². The van der Waals surface area contributed by atoms with Crippen LogP contribution in [0, 0.1) is 0 Å². The maximum absolute atomic E-state index is 13.2. The van der Waals surface area contributed by atoms with Gasteiger partial charge in [0.1, 0.15) is 10.7 Å². The minimum atomic E-state index is -0.172. The number of thiazole rings is 1. The molecule has 0 unspecified atom stereocenters. The third-order valence-electron chi connectivity index (χ3n) is 5.17. The second-order valence-electron chi connectivity index (χ2n) is 7.49. The van der Waals surface area contributed by atoms with Crippen molar-refractivity contribution in [2.75, 3.05) is 0 Å². The van der Waals surface area contributed by atoms with Crippen LogP contribution in [-0.2, 0) is 13.1 Å². The SMILES string of the molecule is O=C(NCc1nc(-c2ccncc2)cs1)c1cn(Cc2ccccc2)nc1-c1ccccc1. The Labute approximate surface area is 195 Å². The molecule has 0 atom stereocenters. The molecule has 0 fully saturated rings. The molecule has 6 nitrogen and oxygen atoms in total. The number of carbonyl (C=O) groups excluding carboxylic acids is 1. The van der Waals surface area contributed by atoms with Gasteiger partial charge in [0.25, 0.3) is 5.91 Å². The average Bonchev–Trinajstić information content (AvgIpc) is 3.52. The number of nitrogens with one attached hydrogen (secondary N) is 1. The van der Waals surface area contributed by atoms with E-state index in [2.05, 4.69) is 15.3 Å². The lowest BCUT2D eigenvalue weighted by Gasteiger charge is -2.04. The number of pyridine rings is 1. The van der Waals surface area contributed by atoms with E-state index < -0.39 is 0 Å². The topological polar surface area (TPSA) is 72.7 Å². The summed E-state index contributed by atoms with van der Waals surface area (Å²) in [4.78, 5) is 21.8. The minimum absolute atomic E-state index is 0.172. The molecule has 0 saturated carbocycles. The van der Waals surface area contributed by atoms with Crippen molar-refractivity contribution in [1.29, 1.82) is 0 Å². The van der Waals surface area contributed by atoms with Gasteiger partial charge in [0.15, 0.2) is 0 Å². The van der Waals surface area contributed by atoms with Crippen LogP contribution >= 0.6 is 11.3 Å². The van der Waals surface area contributed by atoms with Crippen LogP contribution in [0.2, 0.25) is 0 Å². The van der Waals surface area contributed by atoms with Crippen molar-refractivity contribution in [3.8, 4) is 22.5 Å². The molecular formula is C26H21N5OS. The van der Waals surface area contributed by atoms with Crippen LogP contribution < -0.4 is 5.32 Å². The number of nitrogens with zero attached hydrogens (tertiary/aromatic N) is 4. The molecule has 2 aromatic carbocycles. The van der Waals surface area contributed by atoms with Crippen LogP contribution in [0.1, 0.15) is 20.9 Å². The largest absolute Gasteiger partial charge is 0.345 e. The van der Waals surface area contributed by atoms with Gasteiger partial charge in [0, 0.05) is 35.1 Å². The number of amides is 1. The molecule has 0 aliphatic rings. The summed E-state index contributed by atoms with van der Waals surface area (Å²) in [6, 6.07) is 23.7. The normalized spacial score (nSPS) is 10.8. The highest BCUT2D eigenvalue weighted by Gasteiger charge is 2.18. The lowest BCUT2D eigenvalue weighted by Crippen LogP contribution is -2.23. The Balaban J connectivity index is 1.36. The third-order valence-corrected chi connectivity index (χ3v) is 6.02. The van der Waals surface area contributed by atoms with E-state index in [0.717, 1.165) is 27.4 Å². The summed E-state index contributed by atoms with van der Waals surface area (Å²) in [6.45, 7) is 0.947. The van der Waals surface area contributed by atoms with Gasteiger partial charge in [-0.2, -0.15) is 5.10 Å². The van der Waals surface area contributed by atoms with Gasteiger partial charge < -0.3 is 5.32 Å². The molecule has 0 aliphatic heterocycles. The molecule has 5 rings (SSSR count). The molecule has 33 heavy (non-hydrogen) atoms. The molecule has 5 aromatic rings. The summed E-state index contributed by atoms with van der Waals surface area (Å²) in [6.07, 6.45) is 5.30. The summed E-state index contributed by atoms with van der Waals surface area (Å²) in [7, 11) is 0. The maximum Gasteiger partial charge on any atom is 0.255 e. The number of carbonyl (C=O) groups is 1. The first-order chi connectivity index (χ1) is 16.3. The Morgan fingerprint density at radius 3 is 2.39 bits per heavy atom. The molecule has 3 heterocycles. The Hall–Kier alpha value is -4.10. The average molecular weight is 452 g/mol. The fraction of sp³-hybridized carbons (Fsp3) is 0.0769. The quantitative estimate of drug-likeness (QED) is 0.376. The van der Waals surface area contributed by atoms with Gasteiger partial charge in [-0.05, 0) is 17.7 Å². The fourth-order valence-corrected chi connectivity index (χ4v) is 4.29. The molecule has 0 spiro atoms. The van der Waals surface area contributed by atoms with Gasteiger partial charge in [-0.3, -0.25) is 14.5 Å². The molecule has 0 aliphatic carbocycles. The third kappa shape index (κ3) is 4.88. The number of benzene rings is 2. The molecule has 1 N–H and O–H groups in total. The predicted molar refractivity (Wildman–Crippen MR) is 130 cm³/mol. The second kappa shape index (κ2) is 9.58. The van der Waals surface area contributed by atoms with Gasteiger partial charge in [-0.1, -0.05) is 60.7 Å². The van der Waals surface area contributed by atoms with E-state index in [4.69, 9.17) is 5.10 Å². The zero-order valence-electron chi connectivity index (χ0n) is 17.8. The van der Waals surface area contributed by atoms with E-state index in [1.165, 1.54) is 11.3 Å². The summed E-state index contributed by atoms with van der Waals surface area (Å²) in [5.41, 5.74) is 5.13. The maximum atomic E-state index is 13.2. The van der Waals surface area contributed by atoms with Gasteiger partial charge in [0.05, 0.1) is 24.3 Å². The molecule has 162 valence electrons. The second-order valence-corrected chi connectivity index (χ2v) is 8.43. The molecule has 1 amide bonds. The number of aromatic nitrogens is 4. The van der Waals surface area contributed by atoms with Gasteiger partial charge >= 0.3 is 0 Å². The Kier molecular flexibility index (Phi) is 6.04. The van der Waals surface area contributed by atoms with Crippen molar-refractivity contribution in [3.63, 3.8) is 0 Å². The zero-order valence-corrected chi connectivity index (χ0v) is 18.6. The molecule has 0 bridgehead atoms. The molecule has 3 aromatic heterocycles. The summed E-state index contributed by atoms with van der Waals surface area (Å²) in [5, 5.41) is 10.6. The Bertz CT molecular complexity index is 1350.